The van der Waals surface area contributed by atoms with Crippen LogP contribution in [0.15, 0.2) is 11.2 Å². The van der Waals surface area contributed by atoms with E-state index in [1.807, 2.05) is 12.3 Å². The van der Waals surface area contributed by atoms with Crippen LogP contribution in [0.2, 0.25) is 5.15 Å². The number of halogens is 2. The van der Waals surface area contributed by atoms with Crippen LogP contribution >= 0.6 is 35.8 Å². The van der Waals surface area contributed by atoms with Gasteiger partial charge in [-0.15, -0.1) is 12.4 Å². The molecule has 1 fully saturated rings. The monoisotopic (exact) mass is 308 g/mol. The van der Waals surface area contributed by atoms with Gasteiger partial charge < -0.3 is 10.2 Å². The third-order valence-electron chi connectivity index (χ3n) is 3.02. The second kappa shape index (κ2) is 7.38. The molecule has 0 aromatic carbocycles. The highest BCUT2D eigenvalue weighted by molar-refractivity contribution is 7.98. The molecule has 0 unspecified atom stereocenters. The van der Waals surface area contributed by atoms with Gasteiger partial charge in [0.05, 0.1) is 0 Å². The Morgan fingerprint density at radius 2 is 2.28 bits per heavy atom. The van der Waals surface area contributed by atoms with Crippen molar-refractivity contribution in [2.75, 3.05) is 31.3 Å². The fourth-order valence-corrected chi connectivity index (χ4v) is 2.61. The first-order valence-corrected chi connectivity index (χ1v) is 7.33. The van der Waals surface area contributed by atoms with Crippen LogP contribution in [0.5, 0.6) is 0 Å². The first-order valence-electron chi connectivity index (χ1n) is 5.73. The Morgan fingerprint density at radius 1 is 1.50 bits per heavy atom. The summed E-state index contributed by atoms with van der Waals surface area (Å²) in [6.45, 7) is 2.12. The largest absolute Gasteiger partial charge is 0.355 e. The van der Waals surface area contributed by atoms with Crippen LogP contribution in [-0.4, -0.2) is 42.4 Å². The molecule has 1 atom stereocenters. The summed E-state index contributed by atoms with van der Waals surface area (Å²) in [7, 11) is 2.07. The van der Waals surface area contributed by atoms with Crippen molar-refractivity contribution in [3.8, 4) is 0 Å². The van der Waals surface area contributed by atoms with Gasteiger partial charge in [0.25, 0.3) is 0 Å². The van der Waals surface area contributed by atoms with Gasteiger partial charge in [-0.2, -0.15) is 0 Å². The lowest BCUT2D eigenvalue weighted by Crippen LogP contribution is -2.44. The number of aromatic nitrogens is 2. The molecule has 0 bridgehead atoms. The number of nitrogens with one attached hydrogen (secondary N) is 1. The minimum absolute atomic E-state index is 0. The van der Waals surface area contributed by atoms with E-state index in [0.717, 1.165) is 24.1 Å². The van der Waals surface area contributed by atoms with Gasteiger partial charge in [-0.25, -0.2) is 9.97 Å². The molecule has 2 rings (SSSR count). The number of hydrogen-bond donors (Lipinski definition) is 1. The topological polar surface area (TPSA) is 41.1 Å². The molecule has 1 aromatic rings. The maximum absolute atomic E-state index is 6.01. The van der Waals surface area contributed by atoms with E-state index in [1.54, 1.807) is 0 Å². The molecule has 0 radical (unpaired) electrons. The lowest BCUT2D eigenvalue weighted by atomic mass is 10.1. The van der Waals surface area contributed by atoms with Crippen LogP contribution in [0, 0.1) is 0 Å². The molecular weight excluding hydrogens is 291 g/mol. The van der Waals surface area contributed by atoms with Crippen LogP contribution in [0.1, 0.15) is 12.8 Å². The number of likely N-dealkylation sites (N-methyl/N-ethyl adjacent to an activating group) is 1. The lowest BCUT2D eigenvalue weighted by molar-refractivity contribution is 0.442. The summed E-state index contributed by atoms with van der Waals surface area (Å²) < 4.78 is 0. The summed E-state index contributed by atoms with van der Waals surface area (Å²) in [5, 5.41) is 4.64. The standard InChI is InChI=1S/C11H17ClN4S.ClH/c1-16(8-4-3-5-13-7-8)10-6-9(12)14-11(15-10)17-2;/h6,8,13H,3-5,7H2,1-2H3;1H/t8-;/m0./s1. The molecule has 18 heavy (non-hydrogen) atoms. The molecule has 0 saturated carbocycles. The minimum Gasteiger partial charge on any atom is -0.355 e. The van der Waals surface area contributed by atoms with Gasteiger partial charge in [0.1, 0.15) is 11.0 Å². The minimum atomic E-state index is 0. The Kier molecular flexibility index (Phi) is 6.49. The van der Waals surface area contributed by atoms with Crippen molar-refractivity contribution in [1.29, 1.82) is 0 Å². The third kappa shape index (κ3) is 3.88. The number of anilines is 1. The first-order chi connectivity index (χ1) is 8.20. The smallest absolute Gasteiger partial charge is 0.190 e. The normalized spacial score (nSPS) is 19.2. The molecular formula is C11H18Cl2N4S. The van der Waals surface area contributed by atoms with E-state index in [0.29, 0.717) is 11.2 Å². The van der Waals surface area contributed by atoms with E-state index in [9.17, 15) is 0 Å². The molecule has 0 amide bonds. The van der Waals surface area contributed by atoms with Crippen molar-refractivity contribution < 1.29 is 0 Å². The van der Waals surface area contributed by atoms with Crippen LogP contribution in [0.25, 0.3) is 0 Å². The fourth-order valence-electron chi connectivity index (χ4n) is 2.01. The molecule has 0 aliphatic carbocycles. The summed E-state index contributed by atoms with van der Waals surface area (Å²) in [5.74, 6) is 0.906. The summed E-state index contributed by atoms with van der Waals surface area (Å²) in [5.41, 5.74) is 0. The SMILES string of the molecule is CSc1nc(Cl)cc(N(C)[C@H]2CCCNC2)n1.Cl. The van der Waals surface area contributed by atoms with Crippen molar-refractivity contribution in [2.24, 2.45) is 0 Å². The van der Waals surface area contributed by atoms with Crippen LogP contribution < -0.4 is 10.2 Å². The summed E-state index contributed by atoms with van der Waals surface area (Å²) in [6.07, 6.45) is 4.36. The Morgan fingerprint density at radius 3 is 2.89 bits per heavy atom. The van der Waals surface area contributed by atoms with Gasteiger partial charge in [0, 0.05) is 25.7 Å². The van der Waals surface area contributed by atoms with Crippen molar-refractivity contribution in [3.63, 3.8) is 0 Å². The zero-order chi connectivity index (χ0) is 12.3. The predicted octanol–water partition coefficient (Wildman–Crippen LogP) is 2.46. The quantitative estimate of drug-likeness (QED) is 0.528. The van der Waals surface area contributed by atoms with Crippen molar-refractivity contribution in [2.45, 2.75) is 24.0 Å². The number of piperidine rings is 1. The molecule has 0 spiro atoms. The van der Waals surface area contributed by atoms with E-state index >= 15 is 0 Å². The van der Waals surface area contributed by atoms with Gasteiger partial charge in [-0.3, -0.25) is 0 Å². The van der Waals surface area contributed by atoms with Crippen molar-refractivity contribution in [1.82, 2.24) is 15.3 Å². The van der Waals surface area contributed by atoms with E-state index in [4.69, 9.17) is 11.6 Å². The van der Waals surface area contributed by atoms with Crippen molar-refractivity contribution in [3.05, 3.63) is 11.2 Å². The number of rotatable bonds is 3. The highest BCUT2D eigenvalue weighted by Crippen LogP contribution is 2.22. The van der Waals surface area contributed by atoms with Gasteiger partial charge >= 0.3 is 0 Å². The van der Waals surface area contributed by atoms with Gasteiger partial charge in [0.15, 0.2) is 5.16 Å². The summed E-state index contributed by atoms with van der Waals surface area (Å²) >= 11 is 7.52. The predicted molar refractivity (Wildman–Crippen MR) is 80.4 cm³/mol. The molecule has 7 heteroatoms. The molecule has 1 aliphatic rings. The van der Waals surface area contributed by atoms with Crippen LogP contribution in [-0.2, 0) is 0 Å². The van der Waals surface area contributed by atoms with Crippen LogP contribution in [0.3, 0.4) is 0 Å². The summed E-state index contributed by atoms with van der Waals surface area (Å²) in [6, 6.07) is 2.32. The van der Waals surface area contributed by atoms with E-state index < -0.39 is 0 Å². The maximum Gasteiger partial charge on any atom is 0.190 e. The molecule has 2 heterocycles. The molecule has 1 aliphatic heterocycles. The van der Waals surface area contributed by atoms with Gasteiger partial charge in [0.2, 0.25) is 0 Å². The Labute approximate surface area is 123 Å². The molecule has 102 valence electrons. The molecule has 4 nitrogen and oxygen atoms in total. The maximum atomic E-state index is 6.01. The lowest BCUT2D eigenvalue weighted by Gasteiger charge is -2.32. The van der Waals surface area contributed by atoms with Gasteiger partial charge in [-0.1, -0.05) is 23.4 Å². The van der Waals surface area contributed by atoms with Crippen molar-refractivity contribution >= 4 is 41.6 Å². The zero-order valence-electron chi connectivity index (χ0n) is 10.5. The molecule has 1 N–H and O–H groups in total. The van der Waals surface area contributed by atoms with E-state index in [2.05, 4.69) is 27.2 Å². The summed E-state index contributed by atoms with van der Waals surface area (Å²) in [4.78, 5) is 10.8. The zero-order valence-corrected chi connectivity index (χ0v) is 12.9. The highest BCUT2D eigenvalue weighted by atomic mass is 35.5. The molecule has 1 aromatic heterocycles. The van der Waals surface area contributed by atoms with Gasteiger partial charge in [-0.05, 0) is 25.6 Å². The second-order valence-electron chi connectivity index (χ2n) is 4.15. The Hall–Kier alpha value is -0.230. The number of hydrogen-bond acceptors (Lipinski definition) is 5. The highest BCUT2D eigenvalue weighted by Gasteiger charge is 2.19. The number of thioether (sulfide) groups is 1. The van der Waals surface area contributed by atoms with E-state index in [-0.39, 0.29) is 12.4 Å². The second-order valence-corrected chi connectivity index (χ2v) is 5.31. The Bertz CT molecular complexity index is 385. The third-order valence-corrected chi connectivity index (χ3v) is 3.76. The average molecular weight is 309 g/mol. The Balaban J connectivity index is 0.00000162. The fraction of sp³-hybridized carbons (Fsp3) is 0.636. The van der Waals surface area contributed by atoms with Crippen LogP contribution in [0.4, 0.5) is 5.82 Å². The average Bonchev–Trinajstić information content (AvgIpc) is 2.38. The van der Waals surface area contributed by atoms with E-state index in [1.165, 1.54) is 24.6 Å². The first kappa shape index (κ1) is 15.8. The molecule has 1 saturated heterocycles. The number of nitrogens with zero attached hydrogens (tertiary/aromatic N) is 3.